The minimum atomic E-state index is 0.0274. The molecule has 126 valence electrons. The van der Waals surface area contributed by atoms with Crippen LogP contribution in [0.2, 0.25) is 0 Å². The normalized spacial score (nSPS) is 13.8. The first kappa shape index (κ1) is 16.6. The molecule has 0 amide bonds. The van der Waals surface area contributed by atoms with Crippen LogP contribution in [0.5, 0.6) is 0 Å². The zero-order valence-corrected chi connectivity index (χ0v) is 14.9. The molecule has 5 nitrogen and oxygen atoms in total. The number of rotatable bonds is 3. The summed E-state index contributed by atoms with van der Waals surface area (Å²) in [7, 11) is 0. The number of aromatic nitrogens is 2. The molecular formula is C19H23N3O2. The number of benzene rings is 1. The molecule has 1 aliphatic heterocycles. The summed E-state index contributed by atoms with van der Waals surface area (Å²) >= 11 is 0. The lowest BCUT2D eigenvalue weighted by Crippen LogP contribution is -2.31. The Balaban J connectivity index is 2.20. The number of ether oxygens (including phenoxy) is 1. The first-order valence-corrected chi connectivity index (χ1v) is 8.26. The second-order valence-corrected chi connectivity index (χ2v) is 6.35. The molecule has 3 rings (SSSR count). The van der Waals surface area contributed by atoms with Gasteiger partial charge in [-0.1, -0.05) is 24.6 Å². The molecule has 2 heterocycles. The van der Waals surface area contributed by atoms with Crippen LogP contribution < -0.4 is 4.90 Å². The largest absolute Gasteiger partial charge is 0.356 e. The Morgan fingerprint density at radius 2 is 1.83 bits per heavy atom. The number of fused-ring (bicyclic) bond motifs is 1. The van der Waals surface area contributed by atoms with Gasteiger partial charge in [0.2, 0.25) is 0 Å². The second-order valence-electron chi connectivity index (χ2n) is 6.35. The van der Waals surface area contributed by atoms with Gasteiger partial charge in [0.05, 0.1) is 17.9 Å². The maximum atomic E-state index is 12.3. The van der Waals surface area contributed by atoms with E-state index >= 15 is 0 Å². The number of anilines is 2. The maximum absolute atomic E-state index is 12.3. The Kier molecular flexibility index (Phi) is 4.37. The molecular weight excluding hydrogens is 302 g/mol. The van der Waals surface area contributed by atoms with Gasteiger partial charge in [0.25, 0.3) is 0 Å². The second kappa shape index (κ2) is 6.32. The predicted molar refractivity (Wildman–Crippen MR) is 93.8 cm³/mol. The highest BCUT2D eigenvalue weighted by molar-refractivity contribution is 5.96. The van der Waals surface area contributed by atoms with E-state index in [2.05, 4.69) is 47.8 Å². The summed E-state index contributed by atoms with van der Waals surface area (Å²) in [5.41, 5.74) is 5.94. The van der Waals surface area contributed by atoms with Gasteiger partial charge in [-0.2, -0.15) is 0 Å². The molecule has 2 aromatic rings. The number of hydrogen-bond donors (Lipinski definition) is 0. The third-order valence-electron chi connectivity index (χ3n) is 4.31. The van der Waals surface area contributed by atoms with E-state index in [4.69, 9.17) is 4.74 Å². The lowest BCUT2D eigenvalue weighted by atomic mass is 10.0. The molecule has 0 unspecified atom stereocenters. The van der Waals surface area contributed by atoms with Crippen molar-refractivity contribution in [3.8, 4) is 0 Å². The molecule has 0 aliphatic carbocycles. The first-order valence-electron chi connectivity index (χ1n) is 8.26. The molecule has 0 bridgehead atoms. The van der Waals surface area contributed by atoms with Gasteiger partial charge in [-0.05, 0) is 38.8 Å². The third-order valence-corrected chi connectivity index (χ3v) is 4.31. The lowest BCUT2D eigenvalue weighted by Gasteiger charge is -2.33. The van der Waals surface area contributed by atoms with Gasteiger partial charge < -0.3 is 9.64 Å². The van der Waals surface area contributed by atoms with Gasteiger partial charge in [-0.3, -0.25) is 4.79 Å². The summed E-state index contributed by atoms with van der Waals surface area (Å²) in [5, 5.41) is 0. The van der Waals surface area contributed by atoms with Crippen molar-refractivity contribution in [3.05, 3.63) is 45.9 Å². The number of hydrogen-bond acceptors (Lipinski definition) is 5. The monoisotopic (exact) mass is 325 g/mol. The number of aryl methyl sites for hydroxylation is 4. The van der Waals surface area contributed by atoms with Crippen LogP contribution in [0.25, 0.3) is 0 Å². The molecule has 1 aromatic carbocycles. The number of nitrogens with zero attached hydrogens (tertiary/aromatic N) is 3. The topological polar surface area (TPSA) is 55.3 Å². The van der Waals surface area contributed by atoms with Crippen LogP contribution in [-0.2, 0) is 11.3 Å². The number of carbonyl (C=O) groups excluding carboxylic acids is 1. The molecule has 0 saturated heterocycles. The van der Waals surface area contributed by atoms with Gasteiger partial charge in [0.15, 0.2) is 5.78 Å². The average Bonchev–Trinajstić information content (AvgIpc) is 2.53. The van der Waals surface area contributed by atoms with Crippen LogP contribution in [0.1, 0.15) is 51.9 Å². The Morgan fingerprint density at radius 1 is 1.17 bits per heavy atom. The molecule has 0 radical (unpaired) electrons. The fourth-order valence-electron chi connectivity index (χ4n) is 3.40. The number of Topliss-reactive ketones (excluding diaryl/α,β-unsaturated/α-hetero) is 1. The molecule has 0 atom stereocenters. The predicted octanol–water partition coefficient (Wildman–Crippen LogP) is 3.93. The highest BCUT2D eigenvalue weighted by Gasteiger charge is 2.28. The maximum Gasteiger partial charge on any atom is 0.181 e. The van der Waals surface area contributed by atoms with Crippen molar-refractivity contribution < 1.29 is 9.53 Å². The van der Waals surface area contributed by atoms with Gasteiger partial charge in [-0.25, -0.2) is 9.97 Å². The van der Waals surface area contributed by atoms with Crippen molar-refractivity contribution in [2.45, 2.75) is 47.6 Å². The summed E-state index contributed by atoms with van der Waals surface area (Å²) in [5.74, 6) is 1.43. The Bertz CT molecular complexity index is 791. The quantitative estimate of drug-likeness (QED) is 0.800. The van der Waals surface area contributed by atoms with Crippen LogP contribution in [0.15, 0.2) is 12.1 Å². The van der Waals surface area contributed by atoms with Gasteiger partial charge in [0, 0.05) is 6.42 Å². The van der Waals surface area contributed by atoms with Crippen molar-refractivity contribution in [2.75, 3.05) is 11.6 Å². The SMILES string of the molecule is CCC(=O)c1nc(C)nc2c1COCN2c1c(C)cc(C)cc1C. The van der Waals surface area contributed by atoms with E-state index in [1.165, 1.54) is 16.7 Å². The smallest absolute Gasteiger partial charge is 0.181 e. The van der Waals surface area contributed by atoms with Crippen molar-refractivity contribution in [1.29, 1.82) is 0 Å². The summed E-state index contributed by atoms with van der Waals surface area (Å²) in [4.78, 5) is 23.4. The number of ketones is 1. The Hall–Kier alpha value is -2.27. The Morgan fingerprint density at radius 3 is 2.46 bits per heavy atom. The van der Waals surface area contributed by atoms with Crippen molar-refractivity contribution in [2.24, 2.45) is 0 Å². The molecule has 1 aromatic heterocycles. The Labute approximate surface area is 142 Å². The van der Waals surface area contributed by atoms with E-state index in [1.54, 1.807) is 0 Å². The molecule has 24 heavy (non-hydrogen) atoms. The number of carbonyl (C=O) groups is 1. The van der Waals surface area contributed by atoms with Gasteiger partial charge >= 0.3 is 0 Å². The van der Waals surface area contributed by atoms with Crippen molar-refractivity contribution in [3.63, 3.8) is 0 Å². The summed E-state index contributed by atoms with van der Waals surface area (Å²) in [6, 6.07) is 4.31. The lowest BCUT2D eigenvalue weighted by molar-refractivity contribution is 0.0957. The highest BCUT2D eigenvalue weighted by Crippen LogP contribution is 2.36. The fourth-order valence-corrected chi connectivity index (χ4v) is 3.40. The van der Waals surface area contributed by atoms with Gasteiger partial charge in [-0.15, -0.1) is 0 Å². The molecule has 1 aliphatic rings. The van der Waals surface area contributed by atoms with Crippen LogP contribution in [-0.4, -0.2) is 22.5 Å². The fraction of sp³-hybridized carbons (Fsp3) is 0.421. The van der Waals surface area contributed by atoms with Gasteiger partial charge in [0.1, 0.15) is 24.1 Å². The summed E-state index contributed by atoms with van der Waals surface area (Å²) < 4.78 is 5.77. The summed E-state index contributed by atoms with van der Waals surface area (Å²) in [6.07, 6.45) is 0.422. The zero-order chi connectivity index (χ0) is 17.4. The standard InChI is InChI=1S/C19H23N3O2/c1-6-16(23)17-15-9-24-10-22(19(15)21-14(5)20-17)18-12(3)7-11(2)8-13(18)4/h7-8H,6,9-10H2,1-5H3. The van der Waals surface area contributed by atoms with E-state index in [9.17, 15) is 4.79 Å². The van der Waals surface area contributed by atoms with E-state index in [1.807, 2.05) is 13.8 Å². The average molecular weight is 325 g/mol. The minimum Gasteiger partial charge on any atom is -0.356 e. The van der Waals surface area contributed by atoms with Crippen LogP contribution >= 0.6 is 0 Å². The molecule has 0 spiro atoms. The molecule has 0 fully saturated rings. The highest BCUT2D eigenvalue weighted by atomic mass is 16.5. The van der Waals surface area contributed by atoms with Crippen molar-refractivity contribution in [1.82, 2.24) is 9.97 Å². The first-order chi connectivity index (χ1) is 11.4. The van der Waals surface area contributed by atoms with Crippen molar-refractivity contribution >= 4 is 17.3 Å². The molecule has 0 saturated carbocycles. The molecule has 0 N–H and O–H groups in total. The third kappa shape index (κ3) is 2.80. The van der Waals surface area contributed by atoms with Crippen LogP contribution in [0.4, 0.5) is 11.5 Å². The van der Waals surface area contributed by atoms with Crippen LogP contribution in [0.3, 0.4) is 0 Å². The van der Waals surface area contributed by atoms with E-state index in [-0.39, 0.29) is 5.78 Å². The molecule has 5 heteroatoms. The zero-order valence-electron chi connectivity index (χ0n) is 14.9. The minimum absolute atomic E-state index is 0.0274. The van der Waals surface area contributed by atoms with Crippen LogP contribution in [0, 0.1) is 27.7 Å². The van der Waals surface area contributed by atoms with E-state index < -0.39 is 0 Å². The van der Waals surface area contributed by atoms with E-state index in [0.717, 1.165) is 17.1 Å². The van der Waals surface area contributed by atoms with E-state index in [0.29, 0.717) is 31.3 Å². The summed E-state index contributed by atoms with van der Waals surface area (Å²) in [6.45, 7) is 10.8.